The number of halogens is 1. The summed E-state index contributed by atoms with van der Waals surface area (Å²) < 4.78 is 23.7. The number of nitrogens with zero attached hydrogens (tertiary/aromatic N) is 1. The fourth-order valence-corrected chi connectivity index (χ4v) is 2.84. The SMILES string of the molecule is CCS(=O)(=O)C(C)(C)c1cncc(Br)c1. The lowest BCUT2D eigenvalue weighted by atomic mass is 10.1. The largest absolute Gasteiger partial charge is 0.263 e. The van der Waals surface area contributed by atoms with Gasteiger partial charge < -0.3 is 0 Å². The average Bonchev–Trinajstić information content (AvgIpc) is 2.17. The lowest BCUT2D eigenvalue weighted by Gasteiger charge is -2.24. The number of pyridine rings is 1. The van der Waals surface area contributed by atoms with Gasteiger partial charge >= 0.3 is 0 Å². The van der Waals surface area contributed by atoms with Crippen LogP contribution in [0, 0.1) is 0 Å². The van der Waals surface area contributed by atoms with E-state index in [4.69, 9.17) is 0 Å². The molecule has 3 nitrogen and oxygen atoms in total. The van der Waals surface area contributed by atoms with E-state index in [-0.39, 0.29) is 5.75 Å². The van der Waals surface area contributed by atoms with E-state index >= 15 is 0 Å². The van der Waals surface area contributed by atoms with Gasteiger partial charge in [-0.25, -0.2) is 8.42 Å². The maximum absolute atomic E-state index is 11.9. The van der Waals surface area contributed by atoms with Gasteiger partial charge in [0.2, 0.25) is 0 Å². The van der Waals surface area contributed by atoms with Crippen LogP contribution in [0.3, 0.4) is 0 Å². The first kappa shape index (κ1) is 12.6. The van der Waals surface area contributed by atoms with Gasteiger partial charge in [0.15, 0.2) is 9.84 Å². The normalized spacial score (nSPS) is 12.8. The number of aromatic nitrogens is 1. The standard InChI is InChI=1S/C10H14BrNO2S/c1-4-15(13,14)10(2,3)8-5-9(11)7-12-6-8/h5-7H,4H2,1-3H3. The minimum Gasteiger partial charge on any atom is -0.263 e. The van der Waals surface area contributed by atoms with Crippen LogP contribution in [0.5, 0.6) is 0 Å². The van der Waals surface area contributed by atoms with E-state index < -0.39 is 14.6 Å². The third kappa shape index (κ3) is 2.39. The first-order valence-corrected chi connectivity index (χ1v) is 7.09. The molecule has 0 aromatic carbocycles. The second kappa shape index (κ2) is 4.22. The van der Waals surface area contributed by atoms with Gasteiger partial charge in [-0.2, -0.15) is 0 Å². The van der Waals surface area contributed by atoms with Crippen molar-refractivity contribution < 1.29 is 8.42 Å². The van der Waals surface area contributed by atoms with E-state index in [2.05, 4.69) is 20.9 Å². The summed E-state index contributed by atoms with van der Waals surface area (Å²) in [5.74, 6) is 0.131. The lowest BCUT2D eigenvalue weighted by Crippen LogP contribution is -2.30. The summed E-state index contributed by atoms with van der Waals surface area (Å²) >= 11 is 3.29. The number of hydrogen-bond acceptors (Lipinski definition) is 3. The quantitative estimate of drug-likeness (QED) is 0.860. The van der Waals surface area contributed by atoms with Crippen LogP contribution in [0.1, 0.15) is 26.3 Å². The van der Waals surface area contributed by atoms with Crippen molar-refractivity contribution in [3.05, 3.63) is 28.5 Å². The Balaban J connectivity index is 3.29. The average molecular weight is 292 g/mol. The highest BCUT2D eigenvalue weighted by Gasteiger charge is 2.34. The molecule has 1 rings (SSSR count). The predicted octanol–water partition coefficient (Wildman–Crippen LogP) is 2.51. The van der Waals surface area contributed by atoms with Crippen LogP contribution in [-0.2, 0) is 14.6 Å². The Bertz CT molecular complexity index is 454. The van der Waals surface area contributed by atoms with Crippen LogP contribution in [0.15, 0.2) is 22.9 Å². The third-order valence-corrected chi connectivity index (χ3v) is 5.54. The topological polar surface area (TPSA) is 47.0 Å². The van der Waals surface area contributed by atoms with E-state index in [1.165, 1.54) is 0 Å². The number of hydrogen-bond donors (Lipinski definition) is 0. The van der Waals surface area contributed by atoms with Gasteiger partial charge in [0, 0.05) is 22.6 Å². The summed E-state index contributed by atoms with van der Waals surface area (Å²) in [6.07, 6.45) is 3.23. The summed E-state index contributed by atoms with van der Waals surface area (Å²) in [7, 11) is -3.13. The van der Waals surface area contributed by atoms with Crippen molar-refractivity contribution >= 4 is 25.8 Å². The Morgan fingerprint density at radius 1 is 1.40 bits per heavy atom. The predicted molar refractivity (Wildman–Crippen MR) is 64.4 cm³/mol. The first-order chi connectivity index (χ1) is 6.81. The van der Waals surface area contributed by atoms with Gasteiger partial charge in [-0.05, 0) is 41.4 Å². The molecule has 0 aliphatic carbocycles. The van der Waals surface area contributed by atoms with Gasteiger partial charge in [0.25, 0.3) is 0 Å². The summed E-state index contributed by atoms with van der Waals surface area (Å²) in [4.78, 5) is 3.99. The Kier molecular flexibility index (Phi) is 3.55. The molecule has 0 bridgehead atoms. The van der Waals surface area contributed by atoms with E-state index in [1.54, 1.807) is 39.2 Å². The molecule has 5 heteroatoms. The van der Waals surface area contributed by atoms with E-state index in [1.807, 2.05) is 0 Å². The van der Waals surface area contributed by atoms with Gasteiger partial charge in [-0.3, -0.25) is 4.98 Å². The Hall–Kier alpha value is -0.420. The molecule has 0 amide bonds. The molecule has 1 aromatic rings. The maximum Gasteiger partial charge on any atom is 0.159 e. The van der Waals surface area contributed by atoms with Crippen LogP contribution in [-0.4, -0.2) is 19.2 Å². The molecule has 0 fully saturated rings. The number of sulfone groups is 1. The molecule has 0 aliphatic rings. The smallest absolute Gasteiger partial charge is 0.159 e. The van der Waals surface area contributed by atoms with Crippen molar-refractivity contribution in [2.45, 2.75) is 25.5 Å². The van der Waals surface area contributed by atoms with Gasteiger partial charge in [-0.1, -0.05) is 6.92 Å². The van der Waals surface area contributed by atoms with E-state index in [0.717, 1.165) is 4.47 Å². The van der Waals surface area contributed by atoms with E-state index in [9.17, 15) is 8.42 Å². The Labute approximate surface area is 99.0 Å². The maximum atomic E-state index is 11.9. The first-order valence-electron chi connectivity index (χ1n) is 4.64. The van der Waals surface area contributed by atoms with Crippen LogP contribution in [0.2, 0.25) is 0 Å². The highest BCUT2D eigenvalue weighted by Crippen LogP contribution is 2.30. The molecular weight excluding hydrogens is 278 g/mol. The van der Waals surface area contributed by atoms with Crippen molar-refractivity contribution in [2.75, 3.05) is 5.75 Å². The van der Waals surface area contributed by atoms with Crippen molar-refractivity contribution in [1.29, 1.82) is 0 Å². The molecule has 0 N–H and O–H groups in total. The Morgan fingerprint density at radius 3 is 2.47 bits per heavy atom. The third-order valence-electron chi connectivity index (χ3n) is 2.56. The Morgan fingerprint density at radius 2 is 2.00 bits per heavy atom. The van der Waals surface area contributed by atoms with Crippen LogP contribution >= 0.6 is 15.9 Å². The second-order valence-electron chi connectivity index (χ2n) is 3.81. The molecule has 1 heterocycles. The number of rotatable bonds is 3. The molecule has 0 saturated heterocycles. The van der Waals surface area contributed by atoms with Crippen LogP contribution < -0.4 is 0 Å². The summed E-state index contributed by atoms with van der Waals surface area (Å²) in [5.41, 5.74) is 0.707. The molecule has 0 aliphatic heterocycles. The second-order valence-corrected chi connectivity index (χ2v) is 7.55. The zero-order valence-electron chi connectivity index (χ0n) is 8.99. The lowest BCUT2D eigenvalue weighted by molar-refractivity contribution is 0.555. The summed E-state index contributed by atoms with van der Waals surface area (Å²) in [6, 6.07) is 1.79. The van der Waals surface area contributed by atoms with Gasteiger partial charge in [0.05, 0.1) is 4.75 Å². The van der Waals surface area contributed by atoms with Crippen molar-refractivity contribution in [3.63, 3.8) is 0 Å². The summed E-state index contributed by atoms with van der Waals surface area (Å²) in [5, 5.41) is 0. The molecule has 0 saturated carbocycles. The highest BCUT2D eigenvalue weighted by molar-refractivity contribution is 9.10. The van der Waals surface area contributed by atoms with Crippen molar-refractivity contribution in [1.82, 2.24) is 4.98 Å². The monoisotopic (exact) mass is 291 g/mol. The molecule has 84 valence electrons. The molecule has 0 spiro atoms. The zero-order valence-corrected chi connectivity index (χ0v) is 11.4. The minimum absolute atomic E-state index is 0.131. The molecular formula is C10H14BrNO2S. The highest BCUT2D eigenvalue weighted by atomic mass is 79.9. The molecule has 0 radical (unpaired) electrons. The minimum atomic E-state index is -3.13. The zero-order chi connectivity index (χ0) is 11.7. The molecule has 1 aromatic heterocycles. The molecule has 0 unspecified atom stereocenters. The van der Waals surface area contributed by atoms with Crippen LogP contribution in [0.25, 0.3) is 0 Å². The fourth-order valence-electron chi connectivity index (χ4n) is 1.28. The molecule has 15 heavy (non-hydrogen) atoms. The fraction of sp³-hybridized carbons (Fsp3) is 0.500. The summed E-state index contributed by atoms with van der Waals surface area (Å²) in [6.45, 7) is 5.06. The van der Waals surface area contributed by atoms with Crippen molar-refractivity contribution in [3.8, 4) is 0 Å². The van der Waals surface area contributed by atoms with E-state index in [0.29, 0.717) is 5.56 Å². The van der Waals surface area contributed by atoms with Gasteiger partial charge in [0.1, 0.15) is 0 Å². The molecule has 0 atom stereocenters. The van der Waals surface area contributed by atoms with Crippen molar-refractivity contribution in [2.24, 2.45) is 0 Å². The van der Waals surface area contributed by atoms with Crippen LogP contribution in [0.4, 0.5) is 0 Å². The van der Waals surface area contributed by atoms with Gasteiger partial charge in [-0.15, -0.1) is 0 Å².